The van der Waals surface area contributed by atoms with Crippen LogP contribution in [0.3, 0.4) is 0 Å². The Labute approximate surface area is 195 Å². The maximum absolute atomic E-state index is 12.6. The molecule has 3 aromatic rings. The number of hydrogen-bond donors (Lipinski definition) is 1. The van der Waals surface area contributed by atoms with Crippen LogP contribution in [0.25, 0.3) is 21.6 Å². The molecule has 0 spiro atoms. The Morgan fingerprint density at radius 1 is 1.21 bits per heavy atom. The number of fused-ring (bicyclic) bond motifs is 3. The van der Waals surface area contributed by atoms with Crippen molar-refractivity contribution in [2.45, 2.75) is 26.9 Å². The van der Waals surface area contributed by atoms with E-state index in [1.165, 1.54) is 7.11 Å². The summed E-state index contributed by atoms with van der Waals surface area (Å²) in [7, 11) is 1.25. The number of carbonyl (C=O) groups is 3. The Morgan fingerprint density at radius 3 is 2.76 bits per heavy atom. The molecule has 3 heterocycles. The average Bonchev–Trinajstić information content (AvgIpc) is 3.31. The number of pyridine rings is 1. The number of amides is 1. The van der Waals surface area contributed by atoms with E-state index in [9.17, 15) is 14.4 Å². The lowest BCUT2D eigenvalue weighted by molar-refractivity contribution is 0.0594. The van der Waals surface area contributed by atoms with E-state index in [2.05, 4.69) is 24.1 Å². The number of esters is 1. The molecule has 1 amide bonds. The van der Waals surface area contributed by atoms with Crippen LogP contribution in [0, 0.1) is 5.92 Å². The minimum absolute atomic E-state index is 0.0373. The topological polar surface area (TPSA) is 94.6 Å². The molecule has 4 rings (SSSR count). The van der Waals surface area contributed by atoms with Crippen molar-refractivity contribution in [1.82, 2.24) is 10.3 Å². The molecule has 0 radical (unpaired) electrons. The van der Waals surface area contributed by atoms with Gasteiger partial charge in [0.15, 0.2) is 12.0 Å². The fourth-order valence-electron chi connectivity index (χ4n) is 3.69. The van der Waals surface area contributed by atoms with Crippen LogP contribution in [-0.2, 0) is 11.3 Å². The number of hydrogen-bond acceptors (Lipinski definition) is 7. The van der Waals surface area contributed by atoms with Gasteiger partial charge in [-0.3, -0.25) is 9.59 Å². The molecule has 0 saturated carbocycles. The van der Waals surface area contributed by atoms with Crippen molar-refractivity contribution in [1.29, 1.82) is 0 Å². The van der Waals surface area contributed by atoms with Gasteiger partial charge in [-0.2, -0.15) is 0 Å². The van der Waals surface area contributed by atoms with Gasteiger partial charge in [0.2, 0.25) is 0 Å². The van der Waals surface area contributed by atoms with E-state index in [-0.39, 0.29) is 17.3 Å². The van der Waals surface area contributed by atoms with Crippen molar-refractivity contribution in [3.8, 4) is 27.3 Å². The van der Waals surface area contributed by atoms with Crippen molar-refractivity contribution in [3.63, 3.8) is 0 Å². The van der Waals surface area contributed by atoms with Crippen LogP contribution in [0.4, 0.5) is 0 Å². The second-order valence-electron chi connectivity index (χ2n) is 8.14. The fourth-order valence-corrected chi connectivity index (χ4v) is 4.62. The number of ether oxygens (including phenoxy) is 2. The summed E-state index contributed by atoms with van der Waals surface area (Å²) in [5.74, 6) is 0.00112. The zero-order valence-electron chi connectivity index (χ0n) is 18.6. The van der Waals surface area contributed by atoms with Gasteiger partial charge in [0, 0.05) is 33.7 Å². The number of thiophene rings is 1. The number of benzene rings is 1. The number of nitrogens with one attached hydrogen (secondary N) is 1. The highest BCUT2D eigenvalue weighted by atomic mass is 32.1. The van der Waals surface area contributed by atoms with Gasteiger partial charge in [-0.25, -0.2) is 9.78 Å². The van der Waals surface area contributed by atoms with E-state index in [1.54, 1.807) is 35.6 Å². The maximum Gasteiger partial charge on any atom is 0.357 e. The van der Waals surface area contributed by atoms with E-state index >= 15 is 0 Å². The van der Waals surface area contributed by atoms with Crippen molar-refractivity contribution in [3.05, 3.63) is 58.2 Å². The maximum atomic E-state index is 12.6. The first-order valence-corrected chi connectivity index (χ1v) is 11.5. The monoisotopic (exact) mass is 464 g/mol. The highest BCUT2D eigenvalue weighted by Crippen LogP contribution is 2.44. The number of aldehydes is 1. The van der Waals surface area contributed by atoms with Crippen LogP contribution in [0.2, 0.25) is 0 Å². The number of methoxy groups -OCH3 is 1. The molecule has 1 aliphatic heterocycles. The summed E-state index contributed by atoms with van der Waals surface area (Å²) in [5, 5.41) is 4.80. The molecule has 1 aromatic carbocycles. The highest BCUT2D eigenvalue weighted by Gasteiger charge is 2.25. The minimum atomic E-state index is -0.696. The smallest absolute Gasteiger partial charge is 0.357 e. The van der Waals surface area contributed by atoms with Gasteiger partial charge in [0.25, 0.3) is 5.91 Å². The Balaban J connectivity index is 1.76. The van der Waals surface area contributed by atoms with Crippen LogP contribution in [-0.4, -0.2) is 36.8 Å². The van der Waals surface area contributed by atoms with Crippen molar-refractivity contribution in [2.24, 2.45) is 5.92 Å². The first kappa shape index (κ1) is 22.7. The minimum Gasteiger partial charge on any atom is -0.488 e. The summed E-state index contributed by atoms with van der Waals surface area (Å²) in [6, 6.07) is 8.67. The van der Waals surface area contributed by atoms with E-state index in [1.807, 2.05) is 11.4 Å². The quantitative estimate of drug-likeness (QED) is 0.401. The van der Waals surface area contributed by atoms with E-state index < -0.39 is 5.97 Å². The van der Waals surface area contributed by atoms with Crippen molar-refractivity contribution < 1.29 is 23.9 Å². The molecule has 1 N–H and O–H groups in total. The van der Waals surface area contributed by atoms with Crippen LogP contribution < -0.4 is 10.1 Å². The van der Waals surface area contributed by atoms with Crippen LogP contribution in [0.1, 0.15) is 57.2 Å². The molecule has 2 aromatic heterocycles. The molecule has 0 bridgehead atoms. The molecule has 0 fully saturated rings. The lowest BCUT2D eigenvalue weighted by Gasteiger charge is -2.20. The zero-order valence-corrected chi connectivity index (χ0v) is 19.5. The number of nitrogens with zero attached hydrogens (tertiary/aromatic N) is 1. The molecule has 0 unspecified atom stereocenters. The molecule has 7 nitrogen and oxygen atoms in total. The van der Waals surface area contributed by atoms with Crippen LogP contribution >= 0.6 is 11.3 Å². The van der Waals surface area contributed by atoms with Gasteiger partial charge in [-0.15, -0.1) is 11.3 Å². The average molecular weight is 465 g/mol. The van der Waals surface area contributed by atoms with Gasteiger partial charge >= 0.3 is 5.97 Å². The molecule has 33 heavy (non-hydrogen) atoms. The summed E-state index contributed by atoms with van der Waals surface area (Å²) < 4.78 is 10.8. The SMILES string of the molecule is COC(=O)c1nc(C(=O)NCCC(C)C)ccc1-c1cc2c(cc1C=O)-c1sccc1CO2. The normalized spacial score (nSPS) is 11.9. The second-order valence-corrected chi connectivity index (χ2v) is 9.06. The zero-order chi connectivity index (χ0) is 23.5. The van der Waals surface area contributed by atoms with Crippen molar-refractivity contribution in [2.75, 3.05) is 13.7 Å². The molecular formula is C25H24N2O5S. The molecule has 0 atom stereocenters. The summed E-state index contributed by atoms with van der Waals surface area (Å²) in [6.45, 7) is 5.08. The first-order valence-electron chi connectivity index (χ1n) is 10.6. The summed E-state index contributed by atoms with van der Waals surface area (Å²) in [6.07, 6.45) is 1.57. The first-order chi connectivity index (χ1) is 15.9. The molecule has 8 heteroatoms. The lowest BCUT2D eigenvalue weighted by Crippen LogP contribution is -2.27. The molecule has 170 valence electrons. The van der Waals surface area contributed by atoms with Crippen LogP contribution in [0.5, 0.6) is 5.75 Å². The second kappa shape index (κ2) is 9.54. The van der Waals surface area contributed by atoms with E-state index in [4.69, 9.17) is 9.47 Å². The van der Waals surface area contributed by atoms with Gasteiger partial charge in [0.1, 0.15) is 18.1 Å². The third-order valence-corrected chi connectivity index (χ3v) is 6.45. The van der Waals surface area contributed by atoms with Crippen molar-refractivity contribution >= 4 is 29.5 Å². The molecule has 0 aliphatic carbocycles. The highest BCUT2D eigenvalue weighted by molar-refractivity contribution is 7.13. The fraction of sp³-hybridized carbons (Fsp3) is 0.280. The number of carbonyl (C=O) groups excluding carboxylic acids is 3. The number of rotatable bonds is 7. The Kier molecular flexibility index (Phi) is 6.55. The largest absolute Gasteiger partial charge is 0.488 e. The molecule has 0 saturated heterocycles. The predicted octanol–water partition coefficient (Wildman–Crippen LogP) is 4.74. The summed E-state index contributed by atoms with van der Waals surface area (Å²) in [4.78, 5) is 42.5. The molecule has 1 aliphatic rings. The third kappa shape index (κ3) is 4.52. The summed E-state index contributed by atoms with van der Waals surface area (Å²) in [5.41, 5.74) is 3.25. The Bertz CT molecular complexity index is 1230. The van der Waals surface area contributed by atoms with E-state index in [0.717, 1.165) is 28.7 Å². The predicted molar refractivity (Wildman–Crippen MR) is 126 cm³/mol. The van der Waals surface area contributed by atoms with Gasteiger partial charge < -0.3 is 14.8 Å². The number of aromatic nitrogens is 1. The third-order valence-electron chi connectivity index (χ3n) is 5.46. The van der Waals surface area contributed by atoms with Gasteiger partial charge in [-0.1, -0.05) is 13.8 Å². The molecular weight excluding hydrogens is 440 g/mol. The van der Waals surface area contributed by atoms with Crippen LogP contribution in [0.15, 0.2) is 35.7 Å². The summed E-state index contributed by atoms with van der Waals surface area (Å²) >= 11 is 1.59. The Hall–Kier alpha value is -3.52. The Morgan fingerprint density at radius 2 is 2.03 bits per heavy atom. The van der Waals surface area contributed by atoms with Gasteiger partial charge in [-0.05, 0) is 53.6 Å². The van der Waals surface area contributed by atoms with E-state index in [0.29, 0.717) is 41.5 Å². The van der Waals surface area contributed by atoms with Gasteiger partial charge in [0.05, 0.1) is 7.11 Å². The lowest BCUT2D eigenvalue weighted by atomic mass is 9.94. The standard InChI is InChI=1S/C25H24N2O5S/c1-14(2)6-8-26-24(29)20-5-4-17(22(27-20)25(30)31-3)18-11-21-19(10-16(18)12-28)23-15(13-32-21)7-9-33-23/h4-5,7,9-12,14H,6,8,13H2,1-3H3,(H,26,29).